The molecule has 0 atom stereocenters. The second kappa shape index (κ2) is 7.92. The number of aryl methyl sites for hydroxylation is 1. The van der Waals surface area contributed by atoms with Gasteiger partial charge in [0, 0.05) is 25.2 Å². The zero-order valence-electron chi connectivity index (χ0n) is 14.0. The molecule has 1 aromatic heterocycles. The standard InChI is InChI=1S/C17H22N2O3S2/c1-13(2)19(3)24(21,22)16-7-5-15(6-8-16)18-17(20)9-4-14-10-11-23-12-14/h5-8,10-13H,4,9H2,1-3H3,(H,18,20). The number of anilines is 1. The average Bonchev–Trinajstić information content (AvgIpc) is 3.06. The third kappa shape index (κ3) is 4.66. The molecule has 1 heterocycles. The second-order valence-electron chi connectivity index (χ2n) is 5.82. The maximum absolute atomic E-state index is 12.4. The van der Waals surface area contributed by atoms with Crippen LogP contribution >= 0.6 is 11.3 Å². The monoisotopic (exact) mass is 366 g/mol. The lowest BCUT2D eigenvalue weighted by atomic mass is 10.2. The number of sulfonamides is 1. The fourth-order valence-electron chi connectivity index (χ4n) is 2.07. The lowest BCUT2D eigenvalue weighted by Gasteiger charge is -2.21. The Morgan fingerprint density at radius 2 is 1.88 bits per heavy atom. The van der Waals surface area contributed by atoms with E-state index < -0.39 is 10.0 Å². The van der Waals surface area contributed by atoms with Gasteiger partial charge in [-0.2, -0.15) is 15.6 Å². The Morgan fingerprint density at radius 1 is 1.21 bits per heavy atom. The van der Waals surface area contributed by atoms with Crippen molar-refractivity contribution < 1.29 is 13.2 Å². The van der Waals surface area contributed by atoms with Gasteiger partial charge in [0.1, 0.15) is 0 Å². The topological polar surface area (TPSA) is 66.5 Å². The maximum atomic E-state index is 12.4. The Balaban J connectivity index is 1.98. The van der Waals surface area contributed by atoms with Crippen molar-refractivity contribution in [1.82, 2.24) is 4.31 Å². The van der Waals surface area contributed by atoms with Crippen LogP contribution < -0.4 is 5.32 Å². The molecule has 1 aromatic carbocycles. The van der Waals surface area contributed by atoms with E-state index in [-0.39, 0.29) is 16.8 Å². The number of benzene rings is 1. The first-order chi connectivity index (χ1) is 11.3. The SMILES string of the molecule is CC(C)N(C)S(=O)(=O)c1ccc(NC(=O)CCc2ccsc2)cc1. The van der Waals surface area contributed by atoms with Crippen LogP contribution in [0.3, 0.4) is 0 Å². The Hall–Kier alpha value is -1.70. The van der Waals surface area contributed by atoms with Gasteiger partial charge >= 0.3 is 0 Å². The van der Waals surface area contributed by atoms with Crippen molar-refractivity contribution in [1.29, 1.82) is 0 Å². The number of thiophene rings is 1. The van der Waals surface area contributed by atoms with Crippen molar-refractivity contribution >= 4 is 33.0 Å². The quantitative estimate of drug-likeness (QED) is 0.817. The van der Waals surface area contributed by atoms with Gasteiger partial charge in [-0.15, -0.1) is 0 Å². The second-order valence-corrected chi connectivity index (χ2v) is 8.60. The predicted molar refractivity (Wildman–Crippen MR) is 97.8 cm³/mol. The maximum Gasteiger partial charge on any atom is 0.243 e. The van der Waals surface area contributed by atoms with Gasteiger partial charge < -0.3 is 5.32 Å². The number of hydrogen-bond donors (Lipinski definition) is 1. The molecule has 0 bridgehead atoms. The van der Waals surface area contributed by atoms with Crippen LogP contribution in [0.15, 0.2) is 46.0 Å². The van der Waals surface area contributed by atoms with Crippen molar-refractivity contribution in [2.45, 2.75) is 37.6 Å². The van der Waals surface area contributed by atoms with Crippen LogP contribution in [0.5, 0.6) is 0 Å². The molecule has 2 aromatic rings. The third-order valence-corrected chi connectivity index (χ3v) is 6.54. The molecule has 5 nitrogen and oxygen atoms in total. The molecule has 2 rings (SSSR count). The van der Waals surface area contributed by atoms with Crippen molar-refractivity contribution in [3.8, 4) is 0 Å². The smallest absolute Gasteiger partial charge is 0.243 e. The summed E-state index contributed by atoms with van der Waals surface area (Å²) in [6.07, 6.45) is 1.09. The fraction of sp³-hybridized carbons (Fsp3) is 0.353. The van der Waals surface area contributed by atoms with E-state index in [2.05, 4.69) is 5.32 Å². The van der Waals surface area contributed by atoms with Crippen molar-refractivity contribution in [2.24, 2.45) is 0 Å². The number of nitrogens with zero attached hydrogens (tertiary/aromatic N) is 1. The first-order valence-electron chi connectivity index (χ1n) is 7.69. The van der Waals surface area contributed by atoms with Gasteiger partial charge in [-0.3, -0.25) is 4.79 Å². The molecule has 0 aliphatic rings. The summed E-state index contributed by atoms with van der Waals surface area (Å²) in [6, 6.07) is 8.15. The van der Waals surface area contributed by atoms with Crippen LogP contribution in [-0.2, 0) is 21.2 Å². The van der Waals surface area contributed by atoms with Crippen molar-refractivity contribution in [3.05, 3.63) is 46.7 Å². The number of nitrogens with one attached hydrogen (secondary N) is 1. The minimum Gasteiger partial charge on any atom is -0.326 e. The normalized spacial score (nSPS) is 11.9. The van der Waals surface area contributed by atoms with Gasteiger partial charge in [0.25, 0.3) is 0 Å². The first kappa shape index (κ1) is 18.6. The predicted octanol–water partition coefficient (Wildman–Crippen LogP) is 3.35. The zero-order valence-corrected chi connectivity index (χ0v) is 15.7. The summed E-state index contributed by atoms with van der Waals surface area (Å²) in [6.45, 7) is 3.64. The van der Waals surface area contributed by atoms with E-state index in [1.54, 1.807) is 30.5 Å². The number of carbonyl (C=O) groups excluding carboxylic acids is 1. The van der Waals surface area contributed by atoms with Gasteiger partial charge in [-0.05, 0) is 66.9 Å². The van der Waals surface area contributed by atoms with Crippen LogP contribution in [0.4, 0.5) is 5.69 Å². The van der Waals surface area contributed by atoms with Gasteiger partial charge in [0.15, 0.2) is 0 Å². The minimum absolute atomic E-state index is 0.0869. The van der Waals surface area contributed by atoms with Crippen LogP contribution in [0.2, 0.25) is 0 Å². The molecule has 1 N–H and O–H groups in total. The largest absolute Gasteiger partial charge is 0.326 e. The van der Waals surface area contributed by atoms with Crippen LogP contribution in [-0.4, -0.2) is 31.7 Å². The number of amides is 1. The molecule has 0 aliphatic carbocycles. The van der Waals surface area contributed by atoms with E-state index in [4.69, 9.17) is 0 Å². The van der Waals surface area contributed by atoms with E-state index in [1.807, 2.05) is 30.7 Å². The van der Waals surface area contributed by atoms with Gasteiger partial charge in [-0.1, -0.05) is 0 Å². The van der Waals surface area contributed by atoms with Crippen LogP contribution in [0.1, 0.15) is 25.8 Å². The van der Waals surface area contributed by atoms with Gasteiger partial charge in [0.05, 0.1) is 4.90 Å². The Kier molecular flexibility index (Phi) is 6.15. The number of carbonyl (C=O) groups is 1. The molecule has 0 aliphatic heterocycles. The molecule has 0 unspecified atom stereocenters. The van der Waals surface area contributed by atoms with Crippen molar-refractivity contribution in [2.75, 3.05) is 12.4 Å². The Morgan fingerprint density at radius 3 is 2.42 bits per heavy atom. The lowest BCUT2D eigenvalue weighted by Crippen LogP contribution is -2.33. The molecule has 0 radical (unpaired) electrons. The summed E-state index contributed by atoms with van der Waals surface area (Å²) in [4.78, 5) is 12.2. The molecule has 0 spiro atoms. The molecule has 1 amide bonds. The summed E-state index contributed by atoms with van der Waals surface area (Å²) in [5.74, 6) is -0.0869. The summed E-state index contributed by atoms with van der Waals surface area (Å²) in [7, 11) is -1.95. The third-order valence-electron chi connectivity index (χ3n) is 3.76. The summed E-state index contributed by atoms with van der Waals surface area (Å²) in [5.41, 5.74) is 1.74. The molecule has 7 heteroatoms. The molecule has 24 heavy (non-hydrogen) atoms. The van der Waals surface area contributed by atoms with E-state index in [1.165, 1.54) is 16.4 Å². The highest BCUT2D eigenvalue weighted by Gasteiger charge is 2.22. The van der Waals surface area contributed by atoms with Gasteiger partial charge in [0.2, 0.25) is 15.9 Å². The average molecular weight is 367 g/mol. The summed E-state index contributed by atoms with van der Waals surface area (Å²) in [5, 5.41) is 6.80. The first-order valence-corrected chi connectivity index (χ1v) is 10.1. The molecular formula is C17H22N2O3S2. The highest BCUT2D eigenvalue weighted by Crippen LogP contribution is 2.19. The summed E-state index contributed by atoms with van der Waals surface area (Å²) < 4.78 is 26.1. The minimum atomic E-state index is -3.50. The molecule has 0 fully saturated rings. The Labute approximate surface area is 147 Å². The van der Waals surface area contributed by atoms with E-state index in [0.29, 0.717) is 18.5 Å². The fourth-order valence-corrected chi connectivity index (χ4v) is 4.14. The Bertz CT molecular complexity index is 767. The molecular weight excluding hydrogens is 344 g/mol. The van der Waals surface area contributed by atoms with E-state index in [0.717, 1.165) is 5.56 Å². The summed E-state index contributed by atoms with van der Waals surface area (Å²) >= 11 is 1.61. The van der Waals surface area contributed by atoms with E-state index in [9.17, 15) is 13.2 Å². The van der Waals surface area contributed by atoms with E-state index >= 15 is 0 Å². The van der Waals surface area contributed by atoms with Crippen LogP contribution in [0.25, 0.3) is 0 Å². The number of rotatable bonds is 7. The highest BCUT2D eigenvalue weighted by atomic mass is 32.2. The molecule has 0 saturated carbocycles. The molecule has 0 saturated heterocycles. The zero-order chi connectivity index (χ0) is 17.7. The van der Waals surface area contributed by atoms with Gasteiger partial charge in [-0.25, -0.2) is 8.42 Å². The van der Waals surface area contributed by atoms with Crippen LogP contribution in [0, 0.1) is 0 Å². The van der Waals surface area contributed by atoms with Crippen molar-refractivity contribution in [3.63, 3.8) is 0 Å². The number of hydrogen-bond acceptors (Lipinski definition) is 4. The highest BCUT2D eigenvalue weighted by molar-refractivity contribution is 7.89. The molecule has 130 valence electrons. The lowest BCUT2D eigenvalue weighted by molar-refractivity contribution is -0.116.